The smallest absolute Gasteiger partial charge is 0.250 e. The van der Waals surface area contributed by atoms with Crippen molar-refractivity contribution in [1.29, 1.82) is 0 Å². The summed E-state index contributed by atoms with van der Waals surface area (Å²) in [5.74, 6) is -1.39. The lowest BCUT2D eigenvalue weighted by Gasteiger charge is -2.05. The molecule has 0 spiro atoms. The second-order valence-corrected chi connectivity index (χ2v) is 7.20. The minimum atomic E-state index is -0.411. The Hall–Kier alpha value is -3.66. The highest BCUT2D eigenvalue weighted by atomic mass is 32.1. The molecule has 0 bridgehead atoms. The van der Waals surface area contributed by atoms with Crippen LogP contribution >= 0.6 is 11.3 Å². The Kier molecular flexibility index (Phi) is 5.48. The second-order valence-electron chi connectivity index (χ2n) is 6.36. The molecule has 0 saturated carbocycles. The van der Waals surface area contributed by atoms with Crippen molar-refractivity contribution in [1.82, 2.24) is 14.6 Å². The van der Waals surface area contributed by atoms with Gasteiger partial charge >= 0.3 is 0 Å². The Bertz CT molecular complexity index is 1200. The van der Waals surface area contributed by atoms with Gasteiger partial charge in [0.1, 0.15) is 11.6 Å². The van der Waals surface area contributed by atoms with Gasteiger partial charge in [-0.25, -0.2) is 13.3 Å². The summed E-state index contributed by atoms with van der Waals surface area (Å²) >= 11 is 1.33. The zero-order valence-corrected chi connectivity index (χ0v) is 16.2. The molecule has 0 saturated heterocycles. The first-order valence-corrected chi connectivity index (χ1v) is 9.81. The SMILES string of the molecule is O=C(CCC(=O)Nc1nc2scc(-c3ccc(F)cc3)n2n1)Nc1ccc(F)cc1. The summed E-state index contributed by atoms with van der Waals surface area (Å²) in [6, 6.07) is 11.3. The maximum atomic E-state index is 13.1. The van der Waals surface area contributed by atoms with Gasteiger partial charge in [0.2, 0.25) is 22.7 Å². The molecule has 2 aromatic carbocycles. The average molecular weight is 427 g/mol. The van der Waals surface area contributed by atoms with Crippen LogP contribution in [-0.2, 0) is 9.59 Å². The summed E-state index contributed by atoms with van der Waals surface area (Å²) in [6.45, 7) is 0. The Morgan fingerprint density at radius 3 is 2.17 bits per heavy atom. The molecule has 0 aliphatic carbocycles. The number of fused-ring (bicyclic) bond motifs is 1. The van der Waals surface area contributed by atoms with Crippen molar-refractivity contribution in [3.8, 4) is 11.3 Å². The first-order chi connectivity index (χ1) is 14.5. The molecule has 0 aliphatic rings. The van der Waals surface area contributed by atoms with E-state index in [0.29, 0.717) is 10.6 Å². The lowest BCUT2D eigenvalue weighted by molar-refractivity contribution is -0.121. The van der Waals surface area contributed by atoms with Gasteiger partial charge in [0.25, 0.3) is 0 Å². The third kappa shape index (κ3) is 4.49. The Labute approximate surface area is 173 Å². The van der Waals surface area contributed by atoms with E-state index in [1.807, 2.05) is 5.38 Å². The second kappa shape index (κ2) is 8.37. The van der Waals surface area contributed by atoms with Gasteiger partial charge in [-0.15, -0.1) is 16.4 Å². The van der Waals surface area contributed by atoms with E-state index in [2.05, 4.69) is 20.7 Å². The predicted molar refractivity (Wildman–Crippen MR) is 109 cm³/mol. The summed E-state index contributed by atoms with van der Waals surface area (Å²) in [6.07, 6.45) is -0.114. The molecule has 0 atom stereocenters. The topological polar surface area (TPSA) is 88.4 Å². The van der Waals surface area contributed by atoms with Gasteiger partial charge in [-0.2, -0.15) is 4.98 Å². The number of aromatic nitrogens is 3. The maximum absolute atomic E-state index is 13.1. The van der Waals surface area contributed by atoms with Gasteiger partial charge in [-0.05, 0) is 48.5 Å². The van der Waals surface area contributed by atoms with Gasteiger partial charge in [-0.3, -0.25) is 14.9 Å². The molecular formula is C20H15F2N5O2S. The molecule has 4 aromatic rings. The molecule has 2 N–H and O–H groups in total. The third-order valence-electron chi connectivity index (χ3n) is 4.18. The van der Waals surface area contributed by atoms with Crippen LogP contribution in [0, 0.1) is 11.6 Å². The number of nitrogens with zero attached hydrogens (tertiary/aromatic N) is 3. The van der Waals surface area contributed by atoms with Gasteiger partial charge in [0.05, 0.1) is 5.69 Å². The van der Waals surface area contributed by atoms with Crippen molar-refractivity contribution >= 4 is 39.7 Å². The molecule has 30 heavy (non-hydrogen) atoms. The minimum absolute atomic E-state index is 0.0493. The molecule has 2 amide bonds. The van der Waals surface area contributed by atoms with E-state index >= 15 is 0 Å². The summed E-state index contributed by atoms with van der Waals surface area (Å²) < 4.78 is 27.6. The van der Waals surface area contributed by atoms with Crippen LogP contribution in [0.2, 0.25) is 0 Å². The van der Waals surface area contributed by atoms with Crippen molar-refractivity contribution in [2.24, 2.45) is 0 Å². The van der Waals surface area contributed by atoms with Crippen molar-refractivity contribution in [2.45, 2.75) is 12.8 Å². The molecular weight excluding hydrogens is 412 g/mol. The number of hydrogen-bond donors (Lipinski definition) is 2. The number of thiazole rings is 1. The number of anilines is 2. The number of rotatable bonds is 6. The summed E-state index contributed by atoms with van der Waals surface area (Å²) in [5.41, 5.74) is 1.94. The van der Waals surface area contributed by atoms with Crippen LogP contribution < -0.4 is 10.6 Å². The highest BCUT2D eigenvalue weighted by molar-refractivity contribution is 7.15. The molecule has 0 radical (unpaired) electrons. The average Bonchev–Trinajstić information content (AvgIpc) is 3.29. The zero-order chi connectivity index (χ0) is 21.1. The predicted octanol–water partition coefficient (Wildman–Crippen LogP) is 4.09. The first-order valence-electron chi connectivity index (χ1n) is 8.93. The Morgan fingerprint density at radius 2 is 1.50 bits per heavy atom. The summed E-state index contributed by atoms with van der Waals surface area (Å²) in [7, 11) is 0. The van der Waals surface area contributed by atoms with E-state index in [9.17, 15) is 18.4 Å². The van der Waals surface area contributed by atoms with E-state index < -0.39 is 11.7 Å². The molecule has 152 valence electrons. The number of nitrogens with one attached hydrogen (secondary N) is 2. The number of amides is 2. The highest BCUT2D eigenvalue weighted by Gasteiger charge is 2.14. The Morgan fingerprint density at radius 1 is 0.900 bits per heavy atom. The van der Waals surface area contributed by atoms with Crippen LogP contribution in [0.3, 0.4) is 0 Å². The van der Waals surface area contributed by atoms with Crippen molar-refractivity contribution in [3.05, 3.63) is 65.5 Å². The number of benzene rings is 2. The van der Waals surface area contributed by atoms with Gasteiger partial charge < -0.3 is 5.32 Å². The fourth-order valence-electron chi connectivity index (χ4n) is 2.72. The molecule has 0 unspecified atom stereocenters. The number of hydrogen-bond acceptors (Lipinski definition) is 5. The van der Waals surface area contributed by atoms with E-state index in [-0.39, 0.29) is 30.5 Å². The molecule has 4 rings (SSSR count). The van der Waals surface area contributed by atoms with Crippen LogP contribution in [0.5, 0.6) is 0 Å². The molecule has 2 aromatic heterocycles. The highest BCUT2D eigenvalue weighted by Crippen LogP contribution is 2.26. The monoisotopic (exact) mass is 427 g/mol. The van der Waals surface area contributed by atoms with Crippen LogP contribution in [-0.4, -0.2) is 26.4 Å². The molecule has 7 nitrogen and oxygen atoms in total. The summed E-state index contributed by atoms with van der Waals surface area (Å²) in [5, 5.41) is 11.3. The van der Waals surface area contributed by atoms with Crippen LogP contribution in [0.25, 0.3) is 16.2 Å². The lowest BCUT2D eigenvalue weighted by atomic mass is 10.2. The fraction of sp³-hybridized carbons (Fsp3) is 0.100. The van der Waals surface area contributed by atoms with E-state index in [1.54, 1.807) is 16.6 Å². The number of carbonyl (C=O) groups is 2. The largest absolute Gasteiger partial charge is 0.326 e. The number of carbonyl (C=O) groups excluding carboxylic acids is 2. The number of halogens is 2. The normalized spacial score (nSPS) is 10.9. The van der Waals surface area contributed by atoms with Crippen molar-refractivity contribution in [2.75, 3.05) is 10.6 Å². The van der Waals surface area contributed by atoms with Gasteiger partial charge in [-0.1, -0.05) is 0 Å². The quantitative estimate of drug-likeness (QED) is 0.485. The summed E-state index contributed by atoms with van der Waals surface area (Å²) in [4.78, 5) is 28.9. The van der Waals surface area contributed by atoms with E-state index in [0.717, 1.165) is 11.3 Å². The van der Waals surface area contributed by atoms with Crippen molar-refractivity contribution < 1.29 is 18.4 Å². The maximum Gasteiger partial charge on any atom is 0.250 e. The molecule has 10 heteroatoms. The standard InChI is InChI=1S/C20H15F2N5O2S/c21-13-3-1-12(2-4-13)16-11-30-20-25-19(26-27(16)20)24-18(29)10-9-17(28)23-15-7-5-14(22)6-8-15/h1-8,11H,9-10H2,(H,23,28)(H,24,26,29). The zero-order valence-electron chi connectivity index (χ0n) is 15.4. The Balaban J connectivity index is 1.35. The van der Waals surface area contributed by atoms with Crippen LogP contribution in [0.1, 0.15) is 12.8 Å². The lowest BCUT2D eigenvalue weighted by Crippen LogP contribution is -2.18. The minimum Gasteiger partial charge on any atom is -0.326 e. The molecule has 2 heterocycles. The van der Waals surface area contributed by atoms with Crippen LogP contribution in [0.4, 0.5) is 20.4 Å². The molecule has 0 aliphatic heterocycles. The van der Waals surface area contributed by atoms with Crippen LogP contribution in [0.15, 0.2) is 53.9 Å². The van der Waals surface area contributed by atoms with Gasteiger partial charge in [0, 0.05) is 29.5 Å². The fourth-order valence-corrected chi connectivity index (χ4v) is 3.56. The van der Waals surface area contributed by atoms with Crippen molar-refractivity contribution in [3.63, 3.8) is 0 Å². The van der Waals surface area contributed by atoms with E-state index in [4.69, 9.17) is 0 Å². The first kappa shape index (κ1) is 19.6. The molecule has 0 fully saturated rings. The van der Waals surface area contributed by atoms with Gasteiger partial charge in [0.15, 0.2) is 0 Å². The third-order valence-corrected chi connectivity index (χ3v) is 5.00. The van der Waals surface area contributed by atoms with E-state index in [1.165, 1.54) is 47.7 Å².